The van der Waals surface area contributed by atoms with Crippen LogP contribution in [0.1, 0.15) is 24.1 Å². The minimum absolute atomic E-state index is 0.0206. The van der Waals surface area contributed by atoms with Gasteiger partial charge >= 0.3 is 18.8 Å². The number of hydrogen-bond donors (Lipinski definition) is 1. The highest BCUT2D eigenvalue weighted by Gasteiger charge is 2.23. The summed E-state index contributed by atoms with van der Waals surface area (Å²) >= 11 is 0. The second kappa shape index (κ2) is 6.19. The van der Waals surface area contributed by atoms with Crippen LogP contribution in [0.25, 0.3) is 11.1 Å². The van der Waals surface area contributed by atoms with E-state index in [-0.39, 0.29) is 23.4 Å². The maximum absolute atomic E-state index is 13.4. The predicted octanol–water partition coefficient (Wildman–Crippen LogP) is 2.33. The van der Waals surface area contributed by atoms with Crippen molar-refractivity contribution < 1.29 is 32.2 Å². The van der Waals surface area contributed by atoms with Crippen LogP contribution in [0.15, 0.2) is 29.5 Å². The molecule has 0 unspecified atom stereocenters. The van der Waals surface area contributed by atoms with Crippen LogP contribution in [0, 0.1) is 6.20 Å². The van der Waals surface area contributed by atoms with E-state index >= 15 is 0 Å². The molecule has 6 nitrogen and oxygen atoms in total. The zero-order valence-corrected chi connectivity index (χ0v) is 11.8. The zero-order valence-electron chi connectivity index (χ0n) is 11.8. The molecule has 124 valence electrons. The number of hydrazone groups is 1. The largest absolute Gasteiger partial charge is 0.442 e. The highest BCUT2D eigenvalue weighted by Crippen LogP contribution is 2.31. The molecule has 3 rings (SSSR count). The van der Waals surface area contributed by atoms with Gasteiger partial charge in [0.15, 0.2) is 0 Å². The summed E-state index contributed by atoms with van der Waals surface area (Å²) in [6.45, 7) is -3.05. The first-order chi connectivity index (χ1) is 11.5. The second-order valence-corrected chi connectivity index (χ2v) is 4.76. The maximum Gasteiger partial charge on any atom is 0.428 e. The summed E-state index contributed by atoms with van der Waals surface area (Å²) in [6, 6.07) is 3.96. The van der Waals surface area contributed by atoms with Gasteiger partial charge in [0, 0.05) is 21.4 Å². The number of carbonyl (C=O) groups excluding carboxylic acids is 1. The van der Waals surface area contributed by atoms with E-state index < -0.39 is 24.6 Å². The molecule has 0 fully saturated rings. The van der Waals surface area contributed by atoms with Gasteiger partial charge in [0.2, 0.25) is 0 Å². The van der Waals surface area contributed by atoms with Crippen molar-refractivity contribution in [1.82, 2.24) is 10.1 Å². The molecule has 1 N–H and O–H groups in total. The lowest BCUT2D eigenvalue weighted by Gasteiger charge is -2.14. The van der Waals surface area contributed by atoms with Crippen molar-refractivity contribution in [3.05, 3.63) is 41.7 Å². The fourth-order valence-electron chi connectivity index (χ4n) is 2.16. The molecule has 0 spiro atoms. The van der Waals surface area contributed by atoms with Gasteiger partial charge in [0.25, 0.3) is 6.43 Å². The number of hydrogen-bond acceptors (Lipinski definition) is 3. The molecule has 1 aliphatic rings. The van der Waals surface area contributed by atoms with Crippen LogP contribution < -0.4 is 10.5 Å². The lowest BCUT2D eigenvalue weighted by molar-refractivity contribution is -0.443. The van der Waals surface area contributed by atoms with Gasteiger partial charge in [-0.3, -0.25) is 0 Å². The lowest BCUT2D eigenvalue weighted by atomic mass is 9.98. The molecule has 10 heteroatoms. The van der Waals surface area contributed by atoms with E-state index in [1.807, 2.05) is 0 Å². The van der Waals surface area contributed by atoms with E-state index in [0.717, 1.165) is 12.3 Å². The standard InChI is InChI=1S/C14H8F4N4O2/c15-12(16)10-3-7(11-6-24-14(23)21-20-11)1-2-9(10)8-4-19-22(5-8)13(17)18/h1-3,5,12-13H,6H2/p+1. The van der Waals surface area contributed by atoms with Crippen LogP contribution in [0.2, 0.25) is 0 Å². The van der Waals surface area contributed by atoms with Crippen LogP contribution in [-0.2, 0) is 4.74 Å². The number of carbonyl (C=O) groups is 1. The third-order valence-corrected chi connectivity index (χ3v) is 3.28. The number of alkyl halides is 4. The number of nitrogens with zero attached hydrogens (tertiary/aromatic N) is 3. The maximum atomic E-state index is 13.4. The monoisotopic (exact) mass is 341 g/mol. The van der Waals surface area contributed by atoms with Gasteiger partial charge in [-0.05, 0) is 6.07 Å². The van der Waals surface area contributed by atoms with Crippen molar-refractivity contribution in [2.45, 2.75) is 13.0 Å². The summed E-state index contributed by atoms with van der Waals surface area (Å²) in [5, 5.41) is 7.05. The van der Waals surface area contributed by atoms with Gasteiger partial charge < -0.3 is 4.74 Å². The Morgan fingerprint density at radius 2 is 2.12 bits per heavy atom. The Morgan fingerprint density at radius 1 is 1.33 bits per heavy atom. The smallest absolute Gasteiger partial charge is 0.428 e. The summed E-state index contributed by atoms with van der Waals surface area (Å²) < 4.78 is 56.9. The fourth-order valence-corrected chi connectivity index (χ4v) is 2.16. The average Bonchev–Trinajstić information content (AvgIpc) is 3.05. The summed E-state index contributed by atoms with van der Waals surface area (Å²) in [7, 11) is 0. The van der Waals surface area contributed by atoms with Crippen LogP contribution in [0.5, 0.6) is 0 Å². The molecule has 0 bridgehead atoms. The summed E-state index contributed by atoms with van der Waals surface area (Å²) in [5.74, 6) is 0. The quantitative estimate of drug-likeness (QED) is 0.868. The first kappa shape index (κ1) is 15.8. The Balaban J connectivity index is 2.00. The van der Waals surface area contributed by atoms with Gasteiger partial charge in [0.1, 0.15) is 24.1 Å². The van der Waals surface area contributed by atoms with Gasteiger partial charge in [0.05, 0.1) is 5.10 Å². The van der Waals surface area contributed by atoms with Gasteiger partial charge in [-0.1, -0.05) is 12.1 Å². The van der Waals surface area contributed by atoms with Crippen molar-refractivity contribution in [2.24, 2.45) is 5.10 Å². The van der Waals surface area contributed by atoms with Crippen LogP contribution in [-0.4, -0.2) is 23.1 Å². The van der Waals surface area contributed by atoms with Crippen molar-refractivity contribution in [1.29, 1.82) is 0 Å². The van der Waals surface area contributed by atoms with E-state index in [9.17, 15) is 22.4 Å². The van der Waals surface area contributed by atoms with Gasteiger partial charge in [-0.25, -0.2) is 19.0 Å². The molecule has 1 amide bonds. The molecular formula is C14H9F4N4O2+. The number of rotatable bonds is 4. The molecule has 0 atom stereocenters. The van der Waals surface area contributed by atoms with E-state index in [2.05, 4.69) is 21.8 Å². The molecule has 24 heavy (non-hydrogen) atoms. The van der Waals surface area contributed by atoms with Crippen LogP contribution >= 0.6 is 0 Å². The van der Waals surface area contributed by atoms with E-state index in [0.29, 0.717) is 10.2 Å². The number of aromatic nitrogens is 2. The molecule has 2 aromatic rings. The minimum Gasteiger partial charge on any atom is -0.442 e. The zero-order chi connectivity index (χ0) is 17.3. The number of ether oxygens (including phenoxy) is 1. The molecule has 0 saturated heterocycles. The Hall–Kier alpha value is -3.09. The molecule has 1 aromatic carbocycles. The first-order valence-corrected chi connectivity index (χ1v) is 6.63. The number of nitrogens with one attached hydrogen (secondary N) is 1. The Kier molecular flexibility index (Phi) is 4.07. The van der Waals surface area contributed by atoms with Crippen molar-refractivity contribution >= 4 is 11.8 Å². The Labute approximate surface area is 132 Å². The van der Waals surface area contributed by atoms with Crippen molar-refractivity contribution in [3.63, 3.8) is 0 Å². The number of amides is 1. The van der Waals surface area contributed by atoms with Gasteiger partial charge in [-0.2, -0.15) is 13.9 Å². The highest BCUT2D eigenvalue weighted by molar-refractivity contribution is 6.04. The first-order valence-electron chi connectivity index (χ1n) is 6.63. The fraction of sp³-hybridized carbons (Fsp3) is 0.214. The summed E-state index contributed by atoms with van der Waals surface area (Å²) in [5.41, 5.74) is 2.31. The highest BCUT2D eigenvalue weighted by atomic mass is 19.3. The summed E-state index contributed by atoms with van der Waals surface area (Å²) in [6.07, 6.45) is -0.367. The Morgan fingerprint density at radius 3 is 2.71 bits per heavy atom. The van der Waals surface area contributed by atoms with E-state index in [4.69, 9.17) is 4.74 Å². The molecule has 1 aromatic heterocycles. The molecule has 2 heterocycles. The van der Waals surface area contributed by atoms with Gasteiger partial charge in [-0.15, -0.1) is 0 Å². The van der Waals surface area contributed by atoms with Crippen LogP contribution in [0.4, 0.5) is 22.4 Å². The third-order valence-electron chi connectivity index (χ3n) is 3.28. The van der Waals surface area contributed by atoms with Crippen LogP contribution in [0.3, 0.4) is 0 Å². The third kappa shape index (κ3) is 3.01. The average molecular weight is 341 g/mol. The number of halogens is 4. The second-order valence-electron chi connectivity index (χ2n) is 4.76. The minimum atomic E-state index is -2.89. The van der Waals surface area contributed by atoms with E-state index in [1.165, 1.54) is 12.1 Å². The molecule has 0 radical (unpaired) electrons. The molecule has 1 aliphatic heterocycles. The van der Waals surface area contributed by atoms with E-state index in [1.54, 1.807) is 0 Å². The topological polar surface area (TPSA) is 69.7 Å². The molecule has 0 aliphatic carbocycles. The SMILES string of the molecule is O=C1NN=C(c2ccc(-c3c#[n+]n(C(F)F)c3)c(C(F)F)c2)CO1. The number of benzene rings is 1. The molecular weight excluding hydrogens is 332 g/mol. The van der Waals surface area contributed by atoms with Crippen molar-refractivity contribution in [2.75, 3.05) is 6.61 Å². The number of cyclic esters (lactones) is 1. The predicted molar refractivity (Wildman–Crippen MR) is 71.5 cm³/mol. The lowest BCUT2D eigenvalue weighted by Crippen LogP contribution is -2.30. The molecule has 0 saturated carbocycles. The summed E-state index contributed by atoms with van der Waals surface area (Å²) in [4.78, 5) is 10.9. The van der Waals surface area contributed by atoms with Crippen molar-refractivity contribution in [3.8, 4) is 11.1 Å². The normalized spacial score (nSPS) is 14.2. The Bertz CT molecular complexity index is 804.